The summed E-state index contributed by atoms with van der Waals surface area (Å²) in [6.45, 7) is 8.80. The Kier molecular flexibility index (Phi) is 11.4. The maximum atomic E-state index is 14.4. The number of carbonyl (C=O) groups is 3. The molecular weight excluding hydrogens is 819 g/mol. The van der Waals surface area contributed by atoms with Gasteiger partial charge in [0.1, 0.15) is 29.0 Å². The number of aliphatic hydroxyl groups is 1. The summed E-state index contributed by atoms with van der Waals surface area (Å²) >= 11 is 1.59. The number of para-hydroxylation sites is 1. The molecule has 1 aliphatic carbocycles. The van der Waals surface area contributed by atoms with Gasteiger partial charge in [-0.05, 0) is 80.3 Å². The van der Waals surface area contributed by atoms with Crippen molar-refractivity contribution < 1.29 is 29.1 Å². The maximum Gasteiger partial charge on any atom is 0.243 e. The van der Waals surface area contributed by atoms with Crippen LogP contribution in [0.25, 0.3) is 32.7 Å². The van der Waals surface area contributed by atoms with E-state index in [0.717, 1.165) is 44.0 Å². The van der Waals surface area contributed by atoms with Crippen LogP contribution in [-0.4, -0.2) is 100 Å². The van der Waals surface area contributed by atoms with Crippen molar-refractivity contribution in [1.82, 2.24) is 40.4 Å². The smallest absolute Gasteiger partial charge is 0.243 e. The van der Waals surface area contributed by atoms with E-state index in [0.29, 0.717) is 67.9 Å². The van der Waals surface area contributed by atoms with Crippen LogP contribution in [0.15, 0.2) is 70.7 Å². The van der Waals surface area contributed by atoms with Gasteiger partial charge in [0.25, 0.3) is 0 Å². The standard InChI is InChI=1S/C47H53N9O6S/c1-25(2)41(45(60)56-23-31(57)19-38(56)44(59)50-26(3)28-9-11-30(12-10-28)42-27(4)49-24-63-42)40-21-36(54-62-40)29-14-17-55(18-15-29)46(61)47(48)16-13-35-34(22-47)33-20-37(52-53-43(33)51-35)32-7-5-6-8-39(32)58/h5-12,20-21,24-26,29,31,38,41,57-58H,13-19,22-23,48H2,1-4H3,(H,50,59)(H,51,53)/t26?,31-,38+,41?,47-/m1/s1. The SMILES string of the molecule is Cc1ncsc1-c1ccc(C(C)NC(=O)[C@@H]2C[C@@H](O)CN2C(=O)C(c2cc(C3CCN(C(=O)[C@@]4(N)CCc5[nH]c6nnc(-c7ccccc7O)cc6c5C4)CC3)no2)C(C)C)cc1. The molecule has 0 saturated carbocycles. The van der Waals surface area contributed by atoms with E-state index in [4.69, 9.17) is 10.3 Å². The minimum atomic E-state index is -1.09. The van der Waals surface area contributed by atoms with Crippen molar-refractivity contribution in [2.45, 2.75) is 102 Å². The number of H-pyrrole nitrogens is 1. The molecule has 3 amide bonds. The number of nitrogens with one attached hydrogen (secondary N) is 2. The third kappa shape index (κ3) is 8.11. The number of aromatic nitrogens is 5. The Balaban J connectivity index is 0.834. The van der Waals surface area contributed by atoms with Crippen molar-refractivity contribution in [3.8, 4) is 27.4 Å². The van der Waals surface area contributed by atoms with Gasteiger partial charge in [-0.25, -0.2) is 4.98 Å². The molecule has 15 nitrogen and oxygen atoms in total. The van der Waals surface area contributed by atoms with Crippen molar-refractivity contribution in [3.63, 3.8) is 0 Å². The van der Waals surface area contributed by atoms with Crippen LogP contribution in [0.4, 0.5) is 0 Å². The number of thiazole rings is 1. The average molecular weight is 872 g/mol. The number of β-amino-alcohol motifs (C(OH)–C–C–N with tert-alkyl or cyclic N) is 1. The Bertz CT molecular complexity index is 2670. The second-order valence-corrected chi connectivity index (χ2v) is 18.7. The predicted molar refractivity (Wildman–Crippen MR) is 238 cm³/mol. The number of piperidine rings is 1. The van der Waals surface area contributed by atoms with E-state index >= 15 is 0 Å². The van der Waals surface area contributed by atoms with Gasteiger partial charge in [0.15, 0.2) is 5.65 Å². The molecule has 2 fully saturated rings. The van der Waals surface area contributed by atoms with E-state index < -0.39 is 23.6 Å². The summed E-state index contributed by atoms with van der Waals surface area (Å²) in [6, 6.07) is 17.6. The first-order valence-corrected chi connectivity index (χ1v) is 22.7. The molecule has 0 spiro atoms. The summed E-state index contributed by atoms with van der Waals surface area (Å²) in [5, 5.41) is 38.3. The molecule has 2 aliphatic heterocycles. The van der Waals surface area contributed by atoms with E-state index in [9.17, 15) is 24.6 Å². The first kappa shape index (κ1) is 42.3. The second kappa shape index (κ2) is 17.0. The summed E-state index contributed by atoms with van der Waals surface area (Å²) < 4.78 is 5.91. The molecule has 9 rings (SSSR count). The summed E-state index contributed by atoms with van der Waals surface area (Å²) in [4.78, 5) is 54.5. The monoisotopic (exact) mass is 871 g/mol. The van der Waals surface area contributed by atoms with Crippen molar-refractivity contribution in [2.75, 3.05) is 19.6 Å². The highest BCUT2D eigenvalue weighted by molar-refractivity contribution is 7.13. The molecule has 6 aromatic rings. The quantitative estimate of drug-likeness (QED) is 0.109. The number of hydrogen-bond donors (Lipinski definition) is 5. The molecule has 5 atom stereocenters. The van der Waals surface area contributed by atoms with Crippen LogP contribution in [0, 0.1) is 12.8 Å². The van der Waals surface area contributed by atoms with Gasteiger partial charge in [0.2, 0.25) is 17.7 Å². The molecule has 328 valence electrons. The highest BCUT2D eigenvalue weighted by Crippen LogP contribution is 2.39. The fourth-order valence-corrected chi connectivity index (χ4v) is 10.5. The number of benzene rings is 2. The van der Waals surface area contributed by atoms with Crippen molar-refractivity contribution >= 4 is 40.1 Å². The first-order chi connectivity index (χ1) is 30.3. The molecule has 0 radical (unpaired) electrons. The maximum absolute atomic E-state index is 14.4. The largest absolute Gasteiger partial charge is 0.507 e. The number of amides is 3. The number of carbonyl (C=O) groups excluding carboxylic acids is 3. The Labute approximate surface area is 369 Å². The minimum Gasteiger partial charge on any atom is -0.507 e. The van der Waals surface area contributed by atoms with Gasteiger partial charge < -0.3 is 40.6 Å². The van der Waals surface area contributed by atoms with Gasteiger partial charge >= 0.3 is 0 Å². The van der Waals surface area contributed by atoms with E-state index in [1.54, 1.807) is 29.5 Å². The van der Waals surface area contributed by atoms with Gasteiger partial charge in [0, 0.05) is 61.1 Å². The minimum absolute atomic E-state index is 0.00912. The number of rotatable bonds is 10. The number of fused-ring (bicyclic) bond motifs is 3. The number of phenolic OH excluding ortho intramolecular Hbond substituents is 1. The van der Waals surface area contributed by atoms with E-state index in [2.05, 4.69) is 30.6 Å². The number of aliphatic hydroxyl groups excluding tert-OH is 1. The number of aryl methyl sites for hydroxylation is 2. The van der Waals surface area contributed by atoms with E-state index in [1.807, 2.05) is 80.6 Å². The van der Waals surface area contributed by atoms with Gasteiger partial charge in [-0.2, -0.15) is 0 Å². The Morgan fingerprint density at radius 2 is 1.81 bits per heavy atom. The highest BCUT2D eigenvalue weighted by Gasteiger charge is 2.45. The van der Waals surface area contributed by atoms with Crippen LogP contribution in [-0.2, 0) is 27.2 Å². The first-order valence-electron chi connectivity index (χ1n) is 21.8. The number of phenols is 1. The Hall–Kier alpha value is -5.97. The highest BCUT2D eigenvalue weighted by atomic mass is 32.1. The molecule has 2 saturated heterocycles. The van der Waals surface area contributed by atoms with E-state index in [-0.39, 0.29) is 54.3 Å². The summed E-state index contributed by atoms with van der Waals surface area (Å²) in [5.41, 5.74) is 15.1. The molecule has 2 unspecified atom stereocenters. The Morgan fingerprint density at radius 3 is 2.52 bits per heavy atom. The van der Waals surface area contributed by atoms with Crippen LogP contribution in [0.5, 0.6) is 5.75 Å². The molecule has 6 N–H and O–H groups in total. The van der Waals surface area contributed by atoms with Crippen molar-refractivity contribution in [3.05, 3.63) is 100 Å². The van der Waals surface area contributed by atoms with Crippen LogP contribution in [0.1, 0.15) is 98.3 Å². The Morgan fingerprint density at radius 1 is 1.05 bits per heavy atom. The van der Waals surface area contributed by atoms with Crippen LogP contribution in [0.3, 0.4) is 0 Å². The summed E-state index contributed by atoms with van der Waals surface area (Å²) in [7, 11) is 0. The number of nitrogens with two attached hydrogens (primary N) is 1. The topological polar surface area (TPSA) is 217 Å². The molecule has 6 heterocycles. The van der Waals surface area contributed by atoms with Crippen LogP contribution in [0.2, 0.25) is 0 Å². The molecule has 0 bridgehead atoms. The molecule has 3 aliphatic rings. The number of nitrogens with zero attached hydrogens (tertiary/aromatic N) is 6. The fourth-order valence-electron chi connectivity index (χ4n) is 9.72. The van der Waals surface area contributed by atoms with Crippen molar-refractivity contribution in [2.24, 2.45) is 11.7 Å². The zero-order chi connectivity index (χ0) is 44.2. The van der Waals surface area contributed by atoms with Gasteiger partial charge in [-0.1, -0.05) is 55.4 Å². The molecule has 2 aromatic carbocycles. The lowest BCUT2D eigenvalue weighted by molar-refractivity contribution is -0.141. The average Bonchev–Trinajstić information content (AvgIpc) is 4.10. The van der Waals surface area contributed by atoms with E-state index in [1.165, 1.54) is 4.90 Å². The summed E-state index contributed by atoms with van der Waals surface area (Å²) in [6.07, 6.45) is 2.03. The number of aromatic amines is 1. The molecule has 63 heavy (non-hydrogen) atoms. The van der Waals surface area contributed by atoms with Gasteiger partial charge in [-0.15, -0.1) is 21.5 Å². The lowest BCUT2D eigenvalue weighted by Crippen LogP contribution is -2.59. The zero-order valence-electron chi connectivity index (χ0n) is 35.9. The molecule has 4 aromatic heterocycles. The lowest BCUT2D eigenvalue weighted by atomic mass is 9.79. The fraction of sp³-hybridized carbons (Fsp3) is 0.426. The lowest BCUT2D eigenvalue weighted by Gasteiger charge is -2.39. The second-order valence-electron chi connectivity index (χ2n) is 17.9. The third-order valence-electron chi connectivity index (χ3n) is 13.3. The van der Waals surface area contributed by atoms with Crippen molar-refractivity contribution in [1.29, 1.82) is 0 Å². The third-order valence-corrected chi connectivity index (χ3v) is 14.3. The number of hydrogen-bond acceptors (Lipinski definition) is 12. The summed E-state index contributed by atoms with van der Waals surface area (Å²) in [5.74, 6) is -1.06. The van der Waals surface area contributed by atoms with Crippen LogP contribution >= 0.6 is 11.3 Å². The number of aromatic hydroxyl groups is 1. The van der Waals surface area contributed by atoms with Crippen LogP contribution < -0.4 is 11.1 Å². The molecular formula is C47H53N9O6S. The van der Waals surface area contributed by atoms with Gasteiger partial charge in [-0.3, -0.25) is 14.4 Å². The predicted octanol–water partition coefficient (Wildman–Crippen LogP) is 5.92. The van der Waals surface area contributed by atoms with Gasteiger partial charge in [0.05, 0.1) is 39.6 Å². The zero-order valence-corrected chi connectivity index (χ0v) is 36.7. The normalized spacial score (nSPS) is 21.4. The number of likely N-dealkylation sites (tertiary alicyclic amines) is 2. The molecule has 16 heteroatoms.